The Kier molecular flexibility index (Phi) is 4.60. The Morgan fingerprint density at radius 2 is 2.11 bits per heavy atom. The number of aromatic nitrogens is 1. The molecule has 1 unspecified atom stereocenters. The van der Waals surface area contributed by atoms with Gasteiger partial charge in [0.1, 0.15) is 0 Å². The fourth-order valence-electron chi connectivity index (χ4n) is 1.72. The number of hydrogen-bond acceptors (Lipinski definition) is 4. The van der Waals surface area contributed by atoms with E-state index >= 15 is 0 Å². The van der Waals surface area contributed by atoms with Crippen LogP contribution in [-0.2, 0) is 0 Å². The lowest BCUT2D eigenvalue weighted by Crippen LogP contribution is -2.15. The summed E-state index contributed by atoms with van der Waals surface area (Å²) >= 11 is 6.08. The Bertz CT molecular complexity index is 531. The van der Waals surface area contributed by atoms with E-state index in [1.807, 2.05) is 24.3 Å². The number of methoxy groups -OCH3 is 1. The Hall–Kier alpha value is -1.78. The van der Waals surface area contributed by atoms with Crippen molar-refractivity contribution in [3.05, 3.63) is 53.2 Å². The smallest absolute Gasteiger partial charge is 0.212 e. The highest BCUT2D eigenvalue weighted by atomic mass is 35.5. The van der Waals surface area contributed by atoms with E-state index in [0.29, 0.717) is 10.9 Å². The van der Waals surface area contributed by atoms with Crippen molar-refractivity contribution in [2.75, 3.05) is 19.0 Å². The molecule has 1 heterocycles. The number of nitrogens with one attached hydrogen (secondary N) is 1. The van der Waals surface area contributed by atoms with Crippen molar-refractivity contribution < 1.29 is 9.84 Å². The number of halogens is 1. The van der Waals surface area contributed by atoms with E-state index in [0.717, 1.165) is 11.3 Å². The van der Waals surface area contributed by atoms with Crippen LogP contribution in [-0.4, -0.2) is 23.8 Å². The molecule has 0 radical (unpaired) electrons. The highest BCUT2D eigenvalue weighted by Crippen LogP contribution is 2.26. The highest BCUT2D eigenvalue weighted by Gasteiger charge is 2.12. The van der Waals surface area contributed by atoms with Crippen LogP contribution in [0.3, 0.4) is 0 Å². The molecule has 2 aromatic rings. The summed E-state index contributed by atoms with van der Waals surface area (Å²) in [5, 5.41) is 13.3. The molecule has 0 aliphatic heterocycles. The van der Waals surface area contributed by atoms with Crippen LogP contribution >= 0.6 is 11.6 Å². The zero-order valence-electron chi connectivity index (χ0n) is 10.5. The maximum absolute atomic E-state index is 9.49. The number of aliphatic hydroxyl groups excluding tert-OH is 1. The quantitative estimate of drug-likeness (QED) is 0.883. The van der Waals surface area contributed by atoms with Crippen molar-refractivity contribution in [3.8, 4) is 5.88 Å². The number of rotatable bonds is 5. The fourth-order valence-corrected chi connectivity index (χ4v) is 1.91. The summed E-state index contributed by atoms with van der Waals surface area (Å²) in [5.74, 6) is 0.540. The fraction of sp³-hybridized carbons (Fsp3) is 0.214. The van der Waals surface area contributed by atoms with Crippen LogP contribution in [0.15, 0.2) is 42.6 Å². The summed E-state index contributed by atoms with van der Waals surface area (Å²) in [6.45, 7) is -0.0563. The third-order valence-electron chi connectivity index (χ3n) is 2.76. The first-order chi connectivity index (χ1) is 9.24. The van der Waals surface area contributed by atoms with Crippen LogP contribution in [0.2, 0.25) is 5.02 Å². The molecule has 0 amide bonds. The van der Waals surface area contributed by atoms with Crippen molar-refractivity contribution in [1.29, 1.82) is 0 Å². The van der Waals surface area contributed by atoms with Gasteiger partial charge in [-0.15, -0.1) is 0 Å². The number of para-hydroxylation sites is 1. The van der Waals surface area contributed by atoms with E-state index < -0.39 is 0 Å². The second-order valence-electron chi connectivity index (χ2n) is 3.99. The lowest BCUT2D eigenvalue weighted by molar-refractivity contribution is 0.276. The number of hydrogen-bond donors (Lipinski definition) is 2. The van der Waals surface area contributed by atoms with Gasteiger partial charge in [0, 0.05) is 12.3 Å². The maximum atomic E-state index is 9.49. The lowest BCUT2D eigenvalue weighted by Gasteiger charge is -2.18. The van der Waals surface area contributed by atoms with Gasteiger partial charge >= 0.3 is 0 Å². The van der Waals surface area contributed by atoms with E-state index in [1.165, 1.54) is 0 Å². The van der Waals surface area contributed by atoms with Crippen molar-refractivity contribution in [3.63, 3.8) is 0 Å². The second kappa shape index (κ2) is 6.41. The number of ether oxygens (including phenoxy) is 1. The molecule has 2 N–H and O–H groups in total. The summed E-state index contributed by atoms with van der Waals surface area (Å²) in [6, 6.07) is 10.7. The van der Waals surface area contributed by atoms with Crippen molar-refractivity contribution in [1.82, 2.24) is 4.98 Å². The SMILES string of the molecule is COc1ccc(C(CO)Nc2ccccc2Cl)cn1. The van der Waals surface area contributed by atoms with Gasteiger partial charge in [-0.2, -0.15) is 0 Å². The molecule has 0 spiro atoms. The van der Waals surface area contributed by atoms with Crippen LogP contribution in [0, 0.1) is 0 Å². The van der Waals surface area contributed by atoms with Crippen LogP contribution in [0.1, 0.15) is 11.6 Å². The summed E-state index contributed by atoms with van der Waals surface area (Å²) in [5.41, 5.74) is 1.64. The van der Waals surface area contributed by atoms with Gasteiger partial charge < -0.3 is 15.2 Å². The average Bonchev–Trinajstić information content (AvgIpc) is 2.47. The summed E-state index contributed by atoms with van der Waals surface area (Å²) in [7, 11) is 1.56. The molecule has 4 nitrogen and oxygen atoms in total. The Morgan fingerprint density at radius 3 is 2.68 bits per heavy atom. The second-order valence-corrected chi connectivity index (χ2v) is 4.40. The molecule has 1 aromatic heterocycles. The molecule has 0 aliphatic rings. The molecular weight excluding hydrogens is 264 g/mol. The summed E-state index contributed by atoms with van der Waals surface area (Å²) in [4.78, 5) is 4.12. The summed E-state index contributed by atoms with van der Waals surface area (Å²) < 4.78 is 5.00. The van der Waals surface area contributed by atoms with Gasteiger partial charge in [-0.25, -0.2) is 4.98 Å². The third-order valence-corrected chi connectivity index (χ3v) is 3.09. The predicted octanol–water partition coefficient (Wildman–Crippen LogP) is 2.89. The normalized spacial score (nSPS) is 11.9. The van der Waals surface area contributed by atoms with E-state index in [2.05, 4.69) is 10.3 Å². The molecule has 0 saturated carbocycles. The van der Waals surface area contributed by atoms with Gasteiger partial charge in [-0.1, -0.05) is 23.7 Å². The largest absolute Gasteiger partial charge is 0.481 e. The van der Waals surface area contributed by atoms with Gasteiger partial charge in [0.05, 0.1) is 30.5 Å². The maximum Gasteiger partial charge on any atom is 0.212 e. The molecule has 0 saturated heterocycles. The number of nitrogens with zero attached hydrogens (tertiary/aromatic N) is 1. The van der Waals surface area contributed by atoms with E-state index in [4.69, 9.17) is 16.3 Å². The van der Waals surface area contributed by atoms with Crippen molar-refractivity contribution in [2.45, 2.75) is 6.04 Å². The molecular formula is C14H15ClN2O2. The highest BCUT2D eigenvalue weighted by molar-refractivity contribution is 6.33. The van der Waals surface area contributed by atoms with E-state index in [9.17, 15) is 5.11 Å². The van der Waals surface area contributed by atoms with Crippen molar-refractivity contribution >= 4 is 17.3 Å². The molecule has 0 bridgehead atoms. The first-order valence-electron chi connectivity index (χ1n) is 5.86. The monoisotopic (exact) mass is 278 g/mol. The molecule has 1 aromatic carbocycles. The van der Waals surface area contributed by atoms with Gasteiger partial charge in [-0.3, -0.25) is 0 Å². The number of anilines is 1. The molecule has 1 atom stereocenters. The topological polar surface area (TPSA) is 54.4 Å². The number of aliphatic hydroxyl groups is 1. The minimum absolute atomic E-state index is 0.0563. The molecule has 0 aliphatic carbocycles. The van der Waals surface area contributed by atoms with Crippen LogP contribution in [0.25, 0.3) is 0 Å². The first-order valence-corrected chi connectivity index (χ1v) is 6.24. The van der Waals surface area contributed by atoms with Gasteiger partial charge in [0.15, 0.2) is 0 Å². The Morgan fingerprint density at radius 1 is 1.32 bits per heavy atom. The zero-order valence-corrected chi connectivity index (χ0v) is 11.3. The van der Waals surface area contributed by atoms with Gasteiger partial charge in [-0.05, 0) is 23.8 Å². The standard InChI is InChI=1S/C14H15ClN2O2/c1-19-14-7-6-10(8-16-14)13(9-18)17-12-5-3-2-4-11(12)15/h2-8,13,17-18H,9H2,1H3. The molecule has 0 fully saturated rings. The van der Waals surface area contributed by atoms with Crippen LogP contribution < -0.4 is 10.1 Å². The molecule has 2 rings (SSSR count). The average molecular weight is 279 g/mol. The molecule has 100 valence electrons. The van der Waals surface area contributed by atoms with Crippen LogP contribution in [0.4, 0.5) is 5.69 Å². The Balaban J connectivity index is 2.17. The van der Waals surface area contributed by atoms with Gasteiger partial charge in [0.2, 0.25) is 5.88 Å². The summed E-state index contributed by atoms with van der Waals surface area (Å²) in [6.07, 6.45) is 1.67. The zero-order chi connectivity index (χ0) is 13.7. The lowest BCUT2D eigenvalue weighted by atomic mass is 10.1. The number of pyridine rings is 1. The minimum Gasteiger partial charge on any atom is -0.481 e. The molecule has 5 heteroatoms. The third kappa shape index (κ3) is 3.36. The van der Waals surface area contributed by atoms with E-state index in [1.54, 1.807) is 25.4 Å². The van der Waals surface area contributed by atoms with Gasteiger partial charge in [0.25, 0.3) is 0 Å². The first kappa shape index (κ1) is 13.6. The van der Waals surface area contributed by atoms with Crippen LogP contribution in [0.5, 0.6) is 5.88 Å². The van der Waals surface area contributed by atoms with Crippen molar-refractivity contribution in [2.24, 2.45) is 0 Å². The number of benzene rings is 1. The predicted molar refractivity (Wildman–Crippen MR) is 75.7 cm³/mol. The van der Waals surface area contributed by atoms with E-state index in [-0.39, 0.29) is 12.6 Å². The molecule has 19 heavy (non-hydrogen) atoms. The minimum atomic E-state index is -0.265. The Labute approximate surface area is 117 Å².